The zero-order valence-corrected chi connectivity index (χ0v) is 18.4. The normalized spacial score (nSPS) is 18.1. The molecule has 1 aromatic carbocycles. The maximum Gasteiger partial charge on any atom is 0.191 e. The zero-order valence-electron chi connectivity index (χ0n) is 15.3. The third kappa shape index (κ3) is 7.72. The summed E-state index contributed by atoms with van der Waals surface area (Å²) in [6.45, 7) is 5.32. The van der Waals surface area contributed by atoms with E-state index in [1.165, 1.54) is 4.90 Å². The second-order valence-electron chi connectivity index (χ2n) is 6.05. The fraction of sp³-hybridized carbons (Fsp3) is 0.611. The highest BCUT2D eigenvalue weighted by Gasteiger charge is 2.32. The standard InChI is InChI=1S/C18H29N3O2S.HI/c1-15(24-16-7-5-4-6-8-16)13-20-17(19-2)21-14-18(22-3)9-11-23-12-10-18;/h4-8,15H,9-14H2,1-3H3,(H2,19,20,21);1H. The van der Waals surface area contributed by atoms with Crippen LogP contribution in [0.3, 0.4) is 0 Å². The summed E-state index contributed by atoms with van der Waals surface area (Å²) >= 11 is 1.86. The first-order valence-electron chi connectivity index (χ1n) is 8.46. The molecule has 2 rings (SSSR count). The van der Waals surface area contributed by atoms with E-state index in [1.807, 2.05) is 17.8 Å². The first-order chi connectivity index (χ1) is 11.7. The Hall–Kier alpha value is -0.510. The maximum atomic E-state index is 5.75. The molecule has 7 heteroatoms. The lowest BCUT2D eigenvalue weighted by Gasteiger charge is -2.36. The minimum absolute atomic E-state index is 0. The van der Waals surface area contributed by atoms with Gasteiger partial charge in [0, 0.05) is 63.4 Å². The molecule has 2 N–H and O–H groups in total. The number of ether oxygens (including phenoxy) is 2. The highest BCUT2D eigenvalue weighted by molar-refractivity contribution is 14.0. The van der Waals surface area contributed by atoms with Crippen molar-refractivity contribution in [3.63, 3.8) is 0 Å². The summed E-state index contributed by atoms with van der Waals surface area (Å²) in [5, 5.41) is 7.25. The van der Waals surface area contributed by atoms with Crippen molar-refractivity contribution in [1.29, 1.82) is 0 Å². The third-order valence-corrected chi connectivity index (χ3v) is 5.39. The van der Waals surface area contributed by atoms with Gasteiger partial charge in [0.25, 0.3) is 0 Å². The summed E-state index contributed by atoms with van der Waals surface area (Å²) in [6.07, 6.45) is 1.82. The van der Waals surface area contributed by atoms with Crippen molar-refractivity contribution >= 4 is 41.7 Å². The number of rotatable bonds is 7. The van der Waals surface area contributed by atoms with Crippen molar-refractivity contribution in [2.45, 2.75) is 35.5 Å². The smallest absolute Gasteiger partial charge is 0.191 e. The highest BCUT2D eigenvalue weighted by Crippen LogP contribution is 2.24. The fourth-order valence-corrected chi connectivity index (χ4v) is 3.62. The van der Waals surface area contributed by atoms with Gasteiger partial charge in [-0.3, -0.25) is 4.99 Å². The predicted molar refractivity (Wildman–Crippen MR) is 116 cm³/mol. The molecule has 0 saturated carbocycles. The number of hydrogen-bond acceptors (Lipinski definition) is 4. The molecule has 0 spiro atoms. The van der Waals surface area contributed by atoms with E-state index in [0.29, 0.717) is 5.25 Å². The lowest BCUT2D eigenvalue weighted by atomic mass is 9.94. The Morgan fingerprint density at radius 2 is 1.96 bits per heavy atom. The van der Waals surface area contributed by atoms with Gasteiger partial charge in [-0.15, -0.1) is 35.7 Å². The number of hydrogen-bond donors (Lipinski definition) is 2. The maximum absolute atomic E-state index is 5.75. The summed E-state index contributed by atoms with van der Waals surface area (Å²) in [7, 11) is 3.58. The van der Waals surface area contributed by atoms with Crippen molar-refractivity contribution in [2.75, 3.05) is 40.5 Å². The molecule has 0 aliphatic carbocycles. The van der Waals surface area contributed by atoms with Crippen LogP contribution in [0.4, 0.5) is 0 Å². The first-order valence-corrected chi connectivity index (χ1v) is 9.34. The summed E-state index contributed by atoms with van der Waals surface area (Å²) < 4.78 is 11.2. The number of aliphatic imine (C=N–C) groups is 1. The van der Waals surface area contributed by atoms with Crippen LogP contribution in [0.1, 0.15) is 19.8 Å². The number of benzene rings is 1. The van der Waals surface area contributed by atoms with Gasteiger partial charge in [-0.2, -0.15) is 0 Å². The average molecular weight is 479 g/mol. The second-order valence-corrected chi connectivity index (χ2v) is 7.56. The van der Waals surface area contributed by atoms with Crippen molar-refractivity contribution < 1.29 is 9.47 Å². The minimum Gasteiger partial charge on any atom is -0.381 e. The summed E-state index contributed by atoms with van der Waals surface area (Å²) in [5.41, 5.74) is -0.153. The molecule has 1 heterocycles. The number of nitrogens with zero attached hydrogens (tertiary/aromatic N) is 1. The van der Waals surface area contributed by atoms with E-state index in [2.05, 4.69) is 46.8 Å². The first kappa shape index (κ1) is 22.5. The Labute approximate surface area is 172 Å². The molecule has 0 radical (unpaired) electrons. The van der Waals surface area contributed by atoms with E-state index in [0.717, 1.165) is 45.1 Å². The molecule has 0 amide bonds. The van der Waals surface area contributed by atoms with Gasteiger partial charge in [-0.05, 0) is 12.1 Å². The SMILES string of the molecule is CN=C(NCC(C)Sc1ccccc1)NCC1(OC)CCOCC1.I. The van der Waals surface area contributed by atoms with E-state index >= 15 is 0 Å². The molecule has 1 aromatic rings. The van der Waals surface area contributed by atoms with Crippen LogP contribution in [0.25, 0.3) is 0 Å². The largest absolute Gasteiger partial charge is 0.381 e. The molecule has 1 saturated heterocycles. The Balaban J connectivity index is 0.00000312. The lowest BCUT2D eigenvalue weighted by molar-refractivity contribution is -0.0855. The average Bonchev–Trinajstić information content (AvgIpc) is 2.63. The molecule has 0 bridgehead atoms. The van der Waals surface area contributed by atoms with Crippen LogP contribution in [0.2, 0.25) is 0 Å². The van der Waals surface area contributed by atoms with Gasteiger partial charge in [0.2, 0.25) is 0 Å². The zero-order chi connectivity index (χ0) is 17.3. The number of halogens is 1. The van der Waals surface area contributed by atoms with Crippen LogP contribution < -0.4 is 10.6 Å². The molecule has 1 fully saturated rings. The number of nitrogens with one attached hydrogen (secondary N) is 2. The number of guanidine groups is 1. The van der Waals surface area contributed by atoms with Gasteiger partial charge in [-0.1, -0.05) is 25.1 Å². The fourth-order valence-electron chi connectivity index (χ4n) is 2.68. The van der Waals surface area contributed by atoms with Crippen LogP contribution in [0.15, 0.2) is 40.2 Å². The van der Waals surface area contributed by atoms with E-state index in [-0.39, 0.29) is 29.6 Å². The van der Waals surface area contributed by atoms with Gasteiger partial charge in [0.1, 0.15) is 0 Å². The molecule has 1 unspecified atom stereocenters. The quantitative estimate of drug-likeness (QED) is 0.273. The number of methoxy groups -OCH3 is 1. The minimum atomic E-state index is -0.153. The van der Waals surface area contributed by atoms with Crippen LogP contribution in [-0.4, -0.2) is 57.3 Å². The molecule has 5 nitrogen and oxygen atoms in total. The molecule has 1 aliphatic rings. The second kappa shape index (κ2) is 12.0. The van der Waals surface area contributed by atoms with E-state index in [9.17, 15) is 0 Å². The topological polar surface area (TPSA) is 54.9 Å². The monoisotopic (exact) mass is 479 g/mol. The molecule has 1 aliphatic heterocycles. The Morgan fingerprint density at radius 3 is 2.56 bits per heavy atom. The van der Waals surface area contributed by atoms with Gasteiger partial charge >= 0.3 is 0 Å². The van der Waals surface area contributed by atoms with Crippen molar-refractivity contribution in [2.24, 2.45) is 4.99 Å². The van der Waals surface area contributed by atoms with E-state index in [1.54, 1.807) is 14.2 Å². The summed E-state index contributed by atoms with van der Waals surface area (Å²) in [5.74, 6) is 0.818. The Kier molecular flexibility index (Phi) is 10.8. The van der Waals surface area contributed by atoms with E-state index < -0.39 is 0 Å². The molecular weight excluding hydrogens is 449 g/mol. The highest BCUT2D eigenvalue weighted by atomic mass is 127. The lowest BCUT2D eigenvalue weighted by Crippen LogP contribution is -2.51. The van der Waals surface area contributed by atoms with Crippen molar-refractivity contribution in [3.05, 3.63) is 30.3 Å². The van der Waals surface area contributed by atoms with Crippen LogP contribution in [0, 0.1) is 0 Å². The summed E-state index contributed by atoms with van der Waals surface area (Å²) in [6, 6.07) is 10.5. The van der Waals surface area contributed by atoms with Crippen molar-refractivity contribution in [1.82, 2.24) is 10.6 Å². The van der Waals surface area contributed by atoms with Gasteiger partial charge in [0.05, 0.1) is 5.60 Å². The molecule has 25 heavy (non-hydrogen) atoms. The van der Waals surface area contributed by atoms with Gasteiger partial charge in [-0.25, -0.2) is 0 Å². The Morgan fingerprint density at radius 1 is 1.28 bits per heavy atom. The predicted octanol–water partition coefficient (Wildman–Crippen LogP) is 3.15. The molecule has 142 valence electrons. The number of thioether (sulfide) groups is 1. The Bertz CT molecular complexity index is 510. The van der Waals surface area contributed by atoms with Crippen LogP contribution in [0.5, 0.6) is 0 Å². The third-order valence-electron chi connectivity index (χ3n) is 4.28. The van der Waals surface area contributed by atoms with Crippen LogP contribution in [-0.2, 0) is 9.47 Å². The molecule has 1 atom stereocenters. The summed E-state index contributed by atoms with van der Waals surface area (Å²) in [4.78, 5) is 5.60. The van der Waals surface area contributed by atoms with Gasteiger partial charge < -0.3 is 20.1 Å². The van der Waals surface area contributed by atoms with Crippen LogP contribution >= 0.6 is 35.7 Å². The van der Waals surface area contributed by atoms with Gasteiger partial charge in [0.15, 0.2) is 5.96 Å². The van der Waals surface area contributed by atoms with E-state index in [4.69, 9.17) is 9.47 Å². The van der Waals surface area contributed by atoms with Crippen molar-refractivity contribution in [3.8, 4) is 0 Å². The molecule has 0 aromatic heterocycles. The molecular formula is C18H30IN3O2S.